The van der Waals surface area contributed by atoms with Crippen molar-refractivity contribution in [1.29, 1.82) is 0 Å². The maximum absolute atomic E-state index is 4.44. The maximum atomic E-state index is 4.44. The van der Waals surface area contributed by atoms with Crippen molar-refractivity contribution in [3.8, 4) is 11.3 Å². The maximum Gasteiger partial charge on any atom is 0.158 e. The number of aromatic amines is 1. The molecular formula is C25H31N5S. The number of thiophene rings is 1. The topological polar surface area (TPSA) is 58.0 Å². The van der Waals surface area contributed by atoms with Crippen molar-refractivity contribution >= 4 is 27.2 Å². The largest absolute Gasteiger partial charge is 0.346 e. The number of nitrogens with zero attached hydrogens (tertiary/aromatic N) is 3. The van der Waals surface area contributed by atoms with Crippen LogP contribution < -0.4 is 5.32 Å². The van der Waals surface area contributed by atoms with Crippen LogP contribution in [0, 0.1) is 20.8 Å². The van der Waals surface area contributed by atoms with Gasteiger partial charge in [-0.25, -0.2) is 9.50 Å². The molecule has 6 heteroatoms. The molecule has 2 aliphatic rings. The van der Waals surface area contributed by atoms with E-state index in [1.807, 2.05) is 15.9 Å². The molecule has 0 spiro atoms. The SMILES string of the molecule is Cc1c(-c2[nH]c3sc(C4C[C@H]5CCC[C@@H]4N5)c(C)c3c2C(C)C)cn2ncnc2c1C. The Kier molecular flexibility index (Phi) is 4.35. The number of rotatable bonds is 3. The Labute approximate surface area is 187 Å². The normalized spacial score (nSPS) is 23.6. The molecule has 6 heterocycles. The highest BCUT2D eigenvalue weighted by molar-refractivity contribution is 7.19. The van der Waals surface area contributed by atoms with E-state index in [9.17, 15) is 0 Å². The lowest BCUT2D eigenvalue weighted by atomic mass is 9.90. The summed E-state index contributed by atoms with van der Waals surface area (Å²) in [7, 11) is 0. The molecule has 3 atom stereocenters. The van der Waals surface area contributed by atoms with Gasteiger partial charge in [0.25, 0.3) is 0 Å². The van der Waals surface area contributed by atoms with Crippen LogP contribution in [0.3, 0.4) is 0 Å². The Morgan fingerprint density at radius 1 is 1.13 bits per heavy atom. The van der Waals surface area contributed by atoms with Crippen molar-refractivity contribution in [3.05, 3.63) is 39.7 Å². The minimum absolute atomic E-state index is 0.442. The van der Waals surface area contributed by atoms with Crippen LogP contribution >= 0.6 is 11.3 Å². The highest BCUT2D eigenvalue weighted by Gasteiger charge is 2.39. The van der Waals surface area contributed by atoms with E-state index >= 15 is 0 Å². The first-order valence-electron chi connectivity index (χ1n) is 11.6. The van der Waals surface area contributed by atoms with E-state index in [0.29, 0.717) is 17.9 Å². The number of hydrogen-bond acceptors (Lipinski definition) is 4. The van der Waals surface area contributed by atoms with Gasteiger partial charge >= 0.3 is 0 Å². The Balaban J connectivity index is 1.54. The Morgan fingerprint density at radius 2 is 1.97 bits per heavy atom. The van der Waals surface area contributed by atoms with Crippen LogP contribution in [-0.2, 0) is 0 Å². The summed E-state index contributed by atoms with van der Waals surface area (Å²) < 4.78 is 1.92. The number of aryl methyl sites for hydroxylation is 2. The highest BCUT2D eigenvalue weighted by Crippen LogP contribution is 2.48. The molecule has 2 saturated heterocycles. The number of aromatic nitrogens is 4. The fraction of sp³-hybridized carbons (Fsp3) is 0.520. The van der Waals surface area contributed by atoms with Crippen LogP contribution in [0.4, 0.5) is 0 Å². The summed E-state index contributed by atoms with van der Waals surface area (Å²) in [5, 5.41) is 9.77. The first kappa shape index (κ1) is 19.5. The molecular weight excluding hydrogens is 402 g/mol. The van der Waals surface area contributed by atoms with Gasteiger partial charge in [0.05, 0.1) is 5.69 Å². The fourth-order valence-electron chi connectivity index (χ4n) is 6.16. The Hall–Kier alpha value is -2.18. The molecule has 0 saturated carbocycles. The van der Waals surface area contributed by atoms with Gasteiger partial charge in [-0.05, 0) is 68.2 Å². The van der Waals surface area contributed by atoms with Crippen molar-refractivity contribution in [2.24, 2.45) is 0 Å². The number of H-pyrrole nitrogens is 1. The second-order valence-electron chi connectivity index (χ2n) is 9.93. The number of fused-ring (bicyclic) bond motifs is 4. The molecule has 4 aromatic heterocycles. The molecule has 0 amide bonds. The van der Waals surface area contributed by atoms with Crippen LogP contribution in [0.15, 0.2) is 12.5 Å². The third-order valence-electron chi connectivity index (χ3n) is 7.81. The van der Waals surface area contributed by atoms with E-state index in [4.69, 9.17) is 0 Å². The summed E-state index contributed by atoms with van der Waals surface area (Å²) in [5.41, 5.74) is 8.87. The van der Waals surface area contributed by atoms with Gasteiger partial charge in [-0.2, -0.15) is 5.10 Å². The van der Waals surface area contributed by atoms with Crippen molar-refractivity contribution in [2.45, 2.75) is 84.2 Å². The lowest BCUT2D eigenvalue weighted by molar-refractivity contribution is 0.398. The van der Waals surface area contributed by atoms with Gasteiger partial charge in [0.1, 0.15) is 11.2 Å². The first-order chi connectivity index (χ1) is 14.9. The second kappa shape index (κ2) is 6.91. The van der Waals surface area contributed by atoms with Crippen LogP contribution in [0.5, 0.6) is 0 Å². The highest BCUT2D eigenvalue weighted by atomic mass is 32.1. The van der Waals surface area contributed by atoms with Gasteiger partial charge in [0.2, 0.25) is 0 Å². The number of nitrogens with one attached hydrogen (secondary N) is 2. The molecule has 6 rings (SSSR count). The number of piperidine rings is 1. The van der Waals surface area contributed by atoms with Gasteiger partial charge in [-0.1, -0.05) is 20.3 Å². The lowest BCUT2D eigenvalue weighted by Crippen LogP contribution is -2.34. The zero-order chi connectivity index (χ0) is 21.4. The van der Waals surface area contributed by atoms with E-state index in [0.717, 1.165) is 11.7 Å². The quantitative estimate of drug-likeness (QED) is 0.417. The molecule has 2 aliphatic heterocycles. The second-order valence-corrected chi connectivity index (χ2v) is 11.0. The minimum atomic E-state index is 0.442. The standard InChI is InChI=1S/C25H31N5S/c1-12(2)20-21-15(5)23(17-9-16-7-6-8-19(17)28-16)31-25(21)29-22(20)18-10-30-24(26-11-27-30)14(4)13(18)3/h10-12,16-17,19,28-29H,6-9H2,1-5H3/t16-,17?,19+/m1/s1. The molecule has 31 heavy (non-hydrogen) atoms. The average Bonchev–Trinajstić information content (AvgIpc) is 3.48. The fourth-order valence-corrected chi connectivity index (χ4v) is 7.57. The van der Waals surface area contributed by atoms with Crippen LogP contribution in [-0.4, -0.2) is 31.7 Å². The Morgan fingerprint density at radius 3 is 2.74 bits per heavy atom. The summed E-state index contributed by atoms with van der Waals surface area (Å²) in [5.74, 6) is 1.12. The van der Waals surface area contributed by atoms with Crippen LogP contribution in [0.2, 0.25) is 0 Å². The zero-order valence-electron chi connectivity index (χ0n) is 19.0. The monoisotopic (exact) mass is 433 g/mol. The molecule has 2 fully saturated rings. The van der Waals surface area contributed by atoms with Crippen molar-refractivity contribution < 1.29 is 0 Å². The summed E-state index contributed by atoms with van der Waals surface area (Å²) >= 11 is 2.00. The summed E-state index contributed by atoms with van der Waals surface area (Å²) in [6, 6.07) is 1.39. The van der Waals surface area contributed by atoms with Crippen molar-refractivity contribution in [1.82, 2.24) is 24.9 Å². The minimum Gasteiger partial charge on any atom is -0.346 e. The predicted molar refractivity (Wildman–Crippen MR) is 128 cm³/mol. The van der Waals surface area contributed by atoms with Gasteiger partial charge in [0, 0.05) is 40.0 Å². The van der Waals surface area contributed by atoms with E-state index in [2.05, 4.69) is 61.2 Å². The molecule has 2 bridgehead atoms. The molecule has 4 aromatic rings. The van der Waals surface area contributed by atoms with E-state index in [1.165, 1.54) is 69.4 Å². The van der Waals surface area contributed by atoms with Gasteiger partial charge in [-0.15, -0.1) is 11.3 Å². The number of pyridine rings is 1. The average molecular weight is 434 g/mol. The van der Waals surface area contributed by atoms with E-state index in [1.54, 1.807) is 11.2 Å². The zero-order valence-corrected chi connectivity index (χ0v) is 19.9. The molecule has 1 unspecified atom stereocenters. The summed E-state index contributed by atoms with van der Waals surface area (Å²) in [6.45, 7) is 11.4. The van der Waals surface area contributed by atoms with Gasteiger partial charge in [0.15, 0.2) is 5.65 Å². The molecule has 0 radical (unpaired) electrons. The lowest BCUT2D eigenvalue weighted by Gasteiger charge is -2.22. The van der Waals surface area contributed by atoms with Gasteiger partial charge in [-0.3, -0.25) is 0 Å². The molecule has 0 aromatic carbocycles. The van der Waals surface area contributed by atoms with E-state index < -0.39 is 0 Å². The van der Waals surface area contributed by atoms with Crippen molar-refractivity contribution in [2.75, 3.05) is 0 Å². The van der Waals surface area contributed by atoms with E-state index in [-0.39, 0.29) is 0 Å². The van der Waals surface area contributed by atoms with Crippen LogP contribution in [0.1, 0.15) is 78.5 Å². The third-order valence-corrected chi connectivity index (χ3v) is 9.15. The molecule has 0 aliphatic carbocycles. The Bertz CT molecular complexity index is 1310. The predicted octanol–water partition coefficient (Wildman–Crippen LogP) is 5.99. The van der Waals surface area contributed by atoms with Crippen molar-refractivity contribution in [3.63, 3.8) is 0 Å². The number of hydrogen-bond donors (Lipinski definition) is 2. The first-order valence-corrected chi connectivity index (χ1v) is 12.5. The summed E-state index contributed by atoms with van der Waals surface area (Å²) in [4.78, 5) is 11.2. The third kappa shape index (κ3) is 2.77. The molecule has 2 N–H and O–H groups in total. The smallest absolute Gasteiger partial charge is 0.158 e. The molecule has 162 valence electrons. The molecule has 5 nitrogen and oxygen atoms in total. The van der Waals surface area contributed by atoms with Crippen LogP contribution in [0.25, 0.3) is 27.1 Å². The van der Waals surface area contributed by atoms with Gasteiger partial charge < -0.3 is 10.3 Å². The summed E-state index contributed by atoms with van der Waals surface area (Å²) in [6.07, 6.45) is 9.15.